The van der Waals surface area contributed by atoms with Gasteiger partial charge in [-0.3, -0.25) is 19.9 Å². The van der Waals surface area contributed by atoms with Crippen molar-refractivity contribution < 1.29 is 0 Å². The molecule has 1 spiro atoms. The topological polar surface area (TPSA) is 79.7 Å². The Morgan fingerprint density at radius 1 is 0.443 bits per heavy atom. The lowest BCUT2D eigenvalue weighted by Gasteiger charge is -2.31. The Kier molecular flexibility index (Phi) is 7.47. The van der Waals surface area contributed by atoms with Crippen molar-refractivity contribution in [1.82, 2.24) is 19.9 Å². The Hall–Kier alpha value is -8.58. The monoisotopic (exact) mass is 774 g/mol. The molecule has 0 amide bonds. The van der Waals surface area contributed by atoms with Gasteiger partial charge in [0.1, 0.15) is 0 Å². The van der Waals surface area contributed by atoms with Crippen molar-refractivity contribution in [2.75, 3.05) is 0 Å². The Morgan fingerprint density at radius 2 is 0.934 bits per heavy atom. The van der Waals surface area contributed by atoms with E-state index in [0.717, 1.165) is 38.7 Å². The molecular weight excluding hydrogens is 745 g/mol. The summed E-state index contributed by atoms with van der Waals surface area (Å²) in [5.74, 6) is 0. The third-order valence-corrected chi connectivity index (χ3v) is 12.5. The molecule has 0 bridgehead atoms. The molecule has 61 heavy (non-hydrogen) atoms. The first-order valence-corrected chi connectivity index (χ1v) is 20.1. The summed E-state index contributed by atoms with van der Waals surface area (Å²) in [6.07, 6.45) is 7.20. The second kappa shape index (κ2) is 13.2. The Morgan fingerprint density at radius 3 is 1.44 bits per heavy atom. The summed E-state index contributed by atoms with van der Waals surface area (Å²) in [5.41, 5.74) is 17.4. The molecule has 0 radical (unpaired) electrons. The molecule has 12 rings (SSSR count). The fourth-order valence-corrected chi connectivity index (χ4v) is 10.00. The van der Waals surface area contributed by atoms with Gasteiger partial charge in [0.15, 0.2) is 5.69 Å². The lowest BCUT2D eigenvalue weighted by Crippen LogP contribution is -2.26. The fourth-order valence-electron chi connectivity index (χ4n) is 10.00. The Labute approximate surface area is 351 Å². The summed E-state index contributed by atoms with van der Waals surface area (Å²) < 4.78 is 0. The number of hydrogen-bond acceptors (Lipinski definition) is 5. The third-order valence-electron chi connectivity index (χ3n) is 12.5. The van der Waals surface area contributed by atoms with E-state index in [1.165, 1.54) is 55.3 Å². The summed E-state index contributed by atoms with van der Waals surface area (Å²) in [7, 11) is 0. The predicted octanol–water partition coefficient (Wildman–Crippen LogP) is 13.0. The van der Waals surface area contributed by atoms with Gasteiger partial charge in [-0.2, -0.15) is 5.26 Å². The van der Waals surface area contributed by atoms with Crippen LogP contribution < -0.4 is 0 Å². The normalized spacial score (nSPS) is 12.7. The lowest BCUT2D eigenvalue weighted by molar-refractivity contribution is 0.795. The van der Waals surface area contributed by atoms with Gasteiger partial charge in [0, 0.05) is 35.9 Å². The van der Waals surface area contributed by atoms with Crippen LogP contribution in [-0.2, 0) is 5.41 Å². The van der Waals surface area contributed by atoms with Gasteiger partial charge < -0.3 is 0 Å². The van der Waals surface area contributed by atoms with E-state index in [-0.39, 0.29) is 0 Å². The van der Waals surface area contributed by atoms with Crippen LogP contribution in [0, 0.1) is 17.9 Å². The number of nitrogens with zero attached hydrogens (tertiary/aromatic N) is 6. The zero-order valence-electron chi connectivity index (χ0n) is 32.5. The van der Waals surface area contributed by atoms with Gasteiger partial charge in [0.05, 0.1) is 46.4 Å². The molecule has 0 atom stereocenters. The second-order valence-corrected chi connectivity index (χ2v) is 15.5. The highest BCUT2D eigenvalue weighted by Crippen LogP contribution is 2.66. The molecule has 2 aliphatic rings. The SMILES string of the molecule is [C-]#[N+]c1ccnc(-c2ccc(-c3cc4c(c5ccccc35)-c3c(cc(-c5ccc(-c6cc(C#N)ccn6)nc5)c5ccccc35)C43c4ccccc4-c4ccccc43)cn2)c1. The van der Waals surface area contributed by atoms with Crippen LogP contribution in [0.3, 0.4) is 0 Å². The Balaban J connectivity index is 1.15. The minimum Gasteiger partial charge on any atom is -0.257 e. The lowest BCUT2D eigenvalue weighted by atomic mass is 9.69. The van der Waals surface area contributed by atoms with Crippen LogP contribution in [0.5, 0.6) is 0 Å². The molecule has 0 fully saturated rings. The molecule has 10 aromatic rings. The van der Waals surface area contributed by atoms with Crippen LogP contribution >= 0.6 is 0 Å². The van der Waals surface area contributed by atoms with Crippen LogP contribution in [0.25, 0.3) is 93.7 Å². The molecule has 6 aromatic carbocycles. The molecule has 280 valence electrons. The molecule has 0 unspecified atom stereocenters. The number of fused-ring (bicyclic) bond motifs is 14. The fraction of sp³-hybridized carbons (Fsp3) is 0.0182. The molecule has 2 aliphatic carbocycles. The van der Waals surface area contributed by atoms with Gasteiger partial charge in [-0.1, -0.05) is 109 Å². The summed E-state index contributed by atoms with van der Waals surface area (Å²) in [6, 6.07) is 57.7. The smallest absolute Gasteiger partial charge is 0.190 e. The Bertz CT molecular complexity index is 3320. The van der Waals surface area contributed by atoms with Crippen molar-refractivity contribution in [3.8, 4) is 73.4 Å². The molecule has 4 heterocycles. The van der Waals surface area contributed by atoms with Crippen LogP contribution in [0.2, 0.25) is 0 Å². The molecule has 0 N–H and O–H groups in total. The largest absolute Gasteiger partial charge is 0.257 e. The zero-order chi connectivity index (χ0) is 40.7. The number of hydrogen-bond donors (Lipinski definition) is 0. The molecule has 6 nitrogen and oxygen atoms in total. The van der Waals surface area contributed by atoms with E-state index in [1.54, 1.807) is 36.7 Å². The van der Waals surface area contributed by atoms with Gasteiger partial charge in [0.2, 0.25) is 0 Å². The average Bonchev–Trinajstić information content (AvgIpc) is 3.81. The maximum Gasteiger partial charge on any atom is 0.190 e. The van der Waals surface area contributed by atoms with Gasteiger partial charge in [-0.15, -0.1) is 0 Å². The predicted molar refractivity (Wildman–Crippen MR) is 242 cm³/mol. The number of aromatic nitrogens is 4. The van der Waals surface area contributed by atoms with Crippen molar-refractivity contribution in [3.05, 3.63) is 222 Å². The first-order chi connectivity index (χ1) is 30.1. The van der Waals surface area contributed by atoms with Crippen molar-refractivity contribution in [3.63, 3.8) is 0 Å². The highest BCUT2D eigenvalue weighted by Gasteiger charge is 2.53. The van der Waals surface area contributed by atoms with Gasteiger partial charge in [-0.05, 0) is 126 Å². The minimum atomic E-state index is -0.637. The van der Waals surface area contributed by atoms with Gasteiger partial charge in [-0.25, -0.2) is 4.85 Å². The van der Waals surface area contributed by atoms with Crippen LogP contribution in [-0.4, -0.2) is 19.9 Å². The summed E-state index contributed by atoms with van der Waals surface area (Å²) in [6.45, 7) is 7.51. The standard InChI is InChI=1S/C55H30N6/c1-57-36-23-25-59-52(27-36)50-21-19-35(32-61-50)44-29-48-54(42-15-5-3-11-38(42)44)53-41-14-4-2-10-37(41)43(34-18-20-49(60-31-34)51-26-33(30-56)22-24-58-51)28-47(53)55(48)45-16-8-6-12-39(45)40-13-7-9-17-46(40)55/h2-29,31-32H. The first-order valence-electron chi connectivity index (χ1n) is 20.1. The summed E-state index contributed by atoms with van der Waals surface area (Å²) in [4.78, 5) is 22.5. The minimum absolute atomic E-state index is 0.533. The van der Waals surface area contributed by atoms with Gasteiger partial charge in [0.25, 0.3) is 0 Å². The van der Waals surface area contributed by atoms with E-state index in [4.69, 9.17) is 16.5 Å². The quantitative estimate of drug-likeness (QED) is 0.166. The molecular formula is C55H30N6. The van der Waals surface area contributed by atoms with Crippen molar-refractivity contribution >= 4 is 27.2 Å². The summed E-state index contributed by atoms with van der Waals surface area (Å²) in [5, 5.41) is 14.2. The number of nitriles is 1. The number of benzene rings is 6. The van der Waals surface area contributed by atoms with E-state index in [2.05, 4.69) is 142 Å². The van der Waals surface area contributed by atoms with E-state index < -0.39 is 5.41 Å². The molecule has 4 aromatic heterocycles. The number of pyridine rings is 4. The van der Waals surface area contributed by atoms with Crippen LogP contribution in [0.15, 0.2) is 183 Å². The first kappa shape index (κ1) is 34.5. The maximum absolute atomic E-state index is 9.54. The van der Waals surface area contributed by atoms with Crippen molar-refractivity contribution in [2.24, 2.45) is 0 Å². The zero-order valence-corrected chi connectivity index (χ0v) is 32.5. The highest BCUT2D eigenvalue weighted by atomic mass is 14.8. The average molecular weight is 775 g/mol. The van der Waals surface area contributed by atoms with E-state index in [1.807, 2.05) is 24.5 Å². The van der Waals surface area contributed by atoms with Crippen molar-refractivity contribution in [2.45, 2.75) is 5.41 Å². The van der Waals surface area contributed by atoms with Gasteiger partial charge >= 0.3 is 0 Å². The molecule has 0 aliphatic heterocycles. The van der Waals surface area contributed by atoms with E-state index >= 15 is 0 Å². The highest BCUT2D eigenvalue weighted by molar-refractivity contribution is 6.18. The second-order valence-electron chi connectivity index (χ2n) is 15.5. The van der Waals surface area contributed by atoms with Crippen LogP contribution in [0.1, 0.15) is 27.8 Å². The maximum atomic E-state index is 9.54. The molecule has 0 saturated heterocycles. The third kappa shape index (κ3) is 4.94. The molecule has 6 heteroatoms. The van der Waals surface area contributed by atoms with Crippen molar-refractivity contribution in [1.29, 1.82) is 5.26 Å². The number of rotatable bonds is 4. The van der Waals surface area contributed by atoms with E-state index in [0.29, 0.717) is 28.3 Å². The van der Waals surface area contributed by atoms with E-state index in [9.17, 15) is 5.26 Å². The molecule has 0 saturated carbocycles. The van der Waals surface area contributed by atoms with Crippen LogP contribution in [0.4, 0.5) is 5.69 Å². The summed E-state index contributed by atoms with van der Waals surface area (Å²) >= 11 is 0.